The number of fused-ring (bicyclic) bond motifs is 1. The molecule has 0 aromatic heterocycles. The fraction of sp³-hybridized carbons (Fsp3) is 0.500. The van der Waals surface area contributed by atoms with Gasteiger partial charge in [-0.3, -0.25) is 4.79 Å². The van der Waals surface area contributed by atoms with Crippen LogP contribution in [0, 0.1) is 5.41 Å². The number of hydrogen-bond donors (Lipinski definition) is 1. The van der Waals surface area contributed by atoms with Gasteiger partial charge in [0.2, 0.25) is 12.7 Å². The van der Waals surface area contributed by atoms with Crippen molar-refractivity contribution in [1.82, 2.24) is 5.32 Å². The Morgan fingerprint density at radius 2 is 1.94 bits per heavy atom. The maximum Gasteiger partial charge on any atom is 0.231 e. The zero-order valence-corrected chi connectivity index (χ0v) is 11.2. The van der Waals surface area contributed by atoms with E-state index in [-0.39, 0.29) is 24.2 Å². The Kier molecular flexibility index (Phi) is 3.20. The topological polar surface area (TPSA) is 47.6 Å². The summed E-state index contributed by atoms with van der Waals surface area (Å²) in [5.74, 6) is 1.53. The maximum absolute atomic E-state index is 11.9. The number of benzene rings is 1. The van der Waals surface area contributed by atoms with E-state index >= 15 is 0 Å². The van der Waals surface area contributed by atoms with Crippen molar-refractivity contribution in [1.29, 1.82) is 0 Å². The molecule has 1 aromatic carbocycles. The van der Waals surface area contributed by atoms with Crippen LogP contribution in [0.5, 0.6) is 11.5 Å². The molecule has 0 spiro atoms. The molecule has 1 amide bonds. The van der Waals surface area contributed by atoms with Crippen LogP contribution in [0.3, 0.4) is 0 Å². The summed E-state index contributed by atoms with van der Waals surface area (Å²) < 4.78 is 10.6. The molecule has 1 N–H and O–H groups in total. The van der Waals surface area contributed by atoms with Crippen molar-refractivity contribution in [3.63, 3.8) is 0 Å². The van der Waals surface area contributed by atoms with E-state index in [0.29, 0.717) is 0 Å². The van der Waals surface area contributed by atoms with Crippen LogP contribution in [-0.4, -0.2) is 12.7 Å². The van der Waals surface area contributed by atoms with Gasteiger partial charge in [-0.25, -0.2) is 0 Å². The quantitative estimate of drug-likeness (QED) is 0.876. The highest BCUT2D eigenvalue weighted by Gasteiger charge is 2.23. The summed E-state index contributed by atoms with van der Waals surface area (Å²) in [5, 5.41) is 2.99. The van der Waals surface area contributed by atoms with E-state index in [1.165, 1.54) is 0 Å². The summed E-state index contributed by atoms with van der Waals surface area (Å²) >= 11 is 0. The molecule has 4 heteroatoms. The summed E-state index contributed by atoms with van der Waals surface area (Å²) in [7, 11) is 0. The molecule has 18 heavy (non-hydrogen) atoms. The lowest BCUT2D eigenvalue weighted by Gasteiger charge is -2.22. The monoisotopic (exact) mass is 249 g/mol. The summed E-state index contributed by atoms with van der Waals surface area (Å²) in [6.07, 6.45) is 0. The Balaban J connectivity index is 2.10. The maximum atomic E-state index is 11.9. The SMILES string of the molecule is CC(NC(=O)C(C)(C)C)c1ccc2c(c1)OCO2. The molecule has 1 unspecified atom stereocenters. The van der Waals surface area contributed by atoms with Crippen LogP contribution >= 0.6 is 0 Å². The van der Waals surface area contributed by atoms with Gasteiger partial charge in [0.25, 0.3) is 0 Å². The standard InChI is InChI=1S/C14H19NO3/c1-9(15-13(16)14(2,3)4)10-5-6-11-12(7-10)18-8-17-11/h5-7,9H,8H2,1-4H3,(H,15,16). The molecule has 1 aromatic rings. The summed E-state index contributed by atoms with van der Waals surface area (Å²) in [6.45, 7) is 7.92. The number of nitrogens with one attached hydrogen (secondary N) is 1. The largest absolute Gasteiger partial charge is 0.454 e. The van der Waals surface area contributed by atoms with Crippen LogP contribution in [0.25, 0.3) is 0 Å². The lowest BCUT2D eigenvalue weighted by molar-refractivity contribution is -0.129. The second kappa shape index (κ2) is 4.52. The number of rotatable bonds is 2. The molecule has 98 valence electrons. The third kappa shape index (κ3) is 2.58. The molecule has 1 heterocycles. The molecular formula is C14H19NO3. The van der Waals surface area contributed by atoms with E-state index in [9.17, 15) is 4.79 Å². The van der Waals surface area contributed by atoms with Crippen molar-refractivity contribution in [2.75, 3.05) is 6.79 Å². The van der Waals surface area contributed by atoms with Gasteiger partial charge in [-0.05, 0) is 24.6 Å². The van der Waals surface area contributed by atoms with E-state index in [4.69, 9.17) is 9.47 Å². The second-order valence-corrected chi connectivity index (χ2v) is 5.56. The van der Waals surface area contributed by atoms with Crippen LogP contribution in [-0.2, 0) is 4.79 Å². The van der Waals surface area contributed by atoms with Gasteiger partial charge in [-0.15, -0.1) is 0 Å². The predicted octanol–water partition coefficient (Wildman–Crippen LogP) is 2.64. The van der Waals surface area contributed by atoms with Gasteiger partial charge in [0.15, 0.2) is 11.5 Å². The molecule has 0 fully saturated rings. The minimum atomic E-state index is -0.384. The third-order valence-electron chi connectivity index (χ3n) is 2.93. The summed E-state index contributed by atoms with van der Waals surface area (Å²) in [4.78, 5) is 11.9. The molecule has 0 bridgehead atoms. The Bertz CT molecular complexity index is 463. The van der Waals surface area contributed by atoms with Gasteiger partial charge < -0.3 is 14.8 Å². The average molecular weight is 249 g/mol. The van der Waals surface area contributed by atoms with Gasteiger partial charge >= 0.3 is 0 Å². The van der Waals surface area contributed by atoms with Crippen LogP contribution in [0.4, 0.5) is 0 Å². The first-order valence-electron chi connectivity index (χ1n) is 6.08. The third-order valence-corrected chi connectivity index (χ3v) is 2.93. The molecular weight excluding hydrogens is 230 g/mol. The first-order valence-corrected chi connectivity index (χ1v) is 6.08. The van der Waals surface area contributed by atoms with Crippen LogP contribution in [0.2, 0.25) is 0 Å². The number of carbonyl (C=O) groups excluding carboxylic acids is 1. The zero-order chi connectivity index (χ0) is 13.3. The first-order chi connectivity index (χ1) is 8.38. The number of carbonyl (C=O) groups is 1. The van der Waals surface area contributed by atoms with E-state index in [1.807, 2.05) is 45.9 Å². The van der Waals surface area contributed by atoms with E-state index in [0.717, 1.165) is 17.1 Å². The lowest BCUT2D eigenvalue weighted by Crippen LogP contribution is -2.36. The number of amides is 1. The fourth-order valence-electron chi connectivity index (χ4n) is 1.68. The molecule has 1 aliphatic heterocycles. The molecule has 0 aliphatic carbocycles. The van der Waals surface area contributed by atoms with Gasteiger partial charge in [-0.2, -0.15) is 0 Å². The minimum Gasteiger partial charge on any atom is -0.454 e. The van der Waals surface area contributed by atoms with E-state index in [2.05, 4.69) is 5.32 Å². The van der Waals surface area contributed by atoms with Gasteiger partial charge in [0.1, 0.15) is 0 Å². The van der Waals surface area contributed by atoms with Crippen molar-refractivity contribution in [2.24, 2.45) is 5.41 Å². The van der Waals surface area contributed by atoms with Gasteiger partial charge in [-0.1, -0.05) is 26.8 Å². The molecule has 0 radical (unpaired) electrons. The number of hydrogen-bond acceptors (Lipinski definition) is 3. The summed E-state index contributed by atoms with van der Waals surface area (Å²) in [5.41, 5.74) is 0.627. The molecule has 0 saturated heterocycles. The van der Waals surface area contributed by atoms with Crippen molar-refractivity contribution in [3.8, 4) is 11.5 Å². The Morgan fingerprint density at radius 3 is 2.61 bits per heavy atom. The van der Waals surface area contributed by atoms with Crippen LogP contribution in [0.15, 0.2) is 18.2 Å². The van der Waals surface area contributed by atoms with Gasteiger partial charge in [0.05, 0.1) is 6.04 Å². The first kappa shape index (κ1) is 12.7. The highest BCUT2D eigenvalue weighted by Crippen LogP contribution is 2.34. The predicted molar refractivity (Wildman–Crippen MR) is 68.6 cm³/mol. The Morgan fingerprint density at radius 1 is 1.28 bits per heavy atom. The Labute approximate surface area is 107 Å². The van der Waals surface area contributed by atoms with Crippen molar-refractivity contribution in [3.05, 3.63) is 23.8 Å². The van der Waals surface area contributed by atoms with Crippen molar-refractivity contribution < 1.29 is 14.3 Å². The van der Waals surface area contributed by atoms with Crippen molar-refractivity contribution in [2.45, 2.75) is 33.7 Å². The zero-order valence-electron chi connectivity index (χ0n) is 11.2. The summed E-state index contributed by atoms with van der Waals surface area (Å²) in [6, 6.07) is 5.68. The molecule has 0 saturated carbocycles. The molecule has 1 aliphatic rings. The minimum absolute atomic E-state index is 0.0349. The van der Waals surface area contributed by atoms with Crippen LogP contribution in [0.1, 0.15) is 39.3 Å². The molecule has 4 nitrogen and oxygen atoms in total. The number of ether oxygens (including phenoxy) is 2. The fourth-order valence-corrected chi connectivity index (χ4v) is 1.68. The van der Waals surface area contributed by atoms with E-state index < -0.39 is 0 Å². The average Bonchev–Trinajstić information content (AvgIpc) is 2.74. The van der Waals surface area contributed by atoms with Crippen LogP contribution < -0.4 is 14.8 Å². The second-order valence-electron chi connectivity index (χ2n) is 5.56. The highest BCUT2D eigenvalue weighted by atomic mass is 16.7. The van der Waals surface area contributed by atoms with Crippen molar-refractivity contribution >= 4 is 5.91 Å². The molecule has 1 atom stereocenters. The lowest BCUT2D eigenvalue weighted by atomic mass is 9.94. The van der Waals surface area contributed by atoms with E-state index in [1.54, 1.807) is 0 Å². The normalized spacial score (nSPS) is 15.3. The molecule has 2 rings (SSSR count). The Hall–Kier alpha value is -1.71. The van der Waals surface area contributed by atoms with Gasteiger partial charge in [0, 0.05) is 5.41 Å². The smallest absolute Gasteiger partial charge is 0.231 e. The highest BCUT2D eigenvalue weighted by molar-refractivity contribution is 5.81.